The number of fused-ring (bicyclic) bond motifs is 1. The fraction of sp³-hybridized carbons (Fsp3) is 0.250. The van der Waals surface area contributed by atoms with Gasteiger partial charge in [-0.15, -0.1) is 0 Å². The van der Waals surface area contributed by atoms with Crippen LogP contribution in [0.5, 0.6) is 11.5 Å². The minimum Gasteiger partial charge on any atom is -0.507 e. The van der Waals surface area contributed by atoms with Gasteiger partial charge in [0.05, 0.1) is 12.7 Å². The van der Waals surface area contributed by atoms with Crippen LogP contribution in [0.4, 0.5) is 0 Å². The molecule has 2 aromatic carbocycles. The molecule has 0 saturated heterocycles. The molecule has 0 spiro atoms. The average molecular weight is 308 g/mol. The maximum atomic E-state index is 12.6. The van der Waals surface area contributed by atoms with E-state index in [0.29, 0.717) is 12.0 Å². The van der Waals surface area contributed by atoms with Gasteiger partial charge in [0.15, 0.2) is 5.78 Å². The van der Waals surface area contributed by atoms with Crippen LogP contribution >= 0.6 is 0 Å². The van der Waals surface area contributed by atoms with Crippen molar-refractivity contribution in [2.45, 2.75) is 26.2 Å². The van der Waals surface area contributed by atoms with Crippen molar-refractivity contribution >= 4 is 11.4 Å². The van der Waals surface area contributed by atoms with Gasteiger partial charge < -0.3 is 9.84 Å². The Kier molecular flexibility index (Phi) is 3.95. The van der Waals surface area contributed by atoms with Gasteiger partial charge in [-0.3, -0.25) is 4.79 Å². The normalized spacial score (nSPS) is 16.0. The second-order valence-corrected chi connectivity index (χ2v) is 5.98. The zero-order valence-electron chi connectivity index (χ0n) is 13.6. The number of ketones is 1. The van der Waals surface area contributed by atoms with Crippen molar-refractivity contribution < 1.29 is 14.6 Å². The molecule has 0 aromatic heterocycles. The van der Waals surface area contributed by atoms with Crippen molar-refractivity contribution in [3.8, 4) is 11.5 Å². The predicted molar refractivity (Wildman–Crippen MR) is 91.2 cm³/mol. The second kappa shape index (κ2) is 5.92. The van der Waals surface area contributed by atoms with Gasteiger partial charge in [-0.2, -0.15) is 0 Å². The number of aryl methyl sites for hydroxylation is 1. The molecule has 1 N–H and O–H groups in total. The molecule has 3 heteroatoms. The lowest BCUT2D eigenvalue weighted by atomic mass is 9.91. The molecule has 0 heterocycles. The number of carbonyl (C=O) groups is 1. The van der Waals surface area contributed by atoms with Gasteiger partial charge in [0.25, 0.3) is 0 Å². The Morgan fingerprint density at radius 2 is 1.91 bits per heavy atom. The number of hydrogen-bond acceptors (Lipinski definition) is 3. The first-order valence-electron chi connectivity index (χ1n) is 7.70. The molecular weight excluding hydrogens is 288 g/mol. The van der Waals surface area contributed by atoms with E-state index in [-0.39, 0.29) is 17.5 Å². The van der Waals surface area contributed by atoms with Crippen LogP contribution in [-0.4, -0.2) is 18.0 Å². The Bertz CT molecular complexity index is 803. The number of aromatic hydroxyl groups is 1. The van der Waals surface area contributed by atoms with Crippen molar-refractivity contribution in [1.29, 1.82) is 0 Å². The summed E-state index contributed by atoms with van der Waals surface area (Å²) in [6.45, 7) is 4.06. The summed E-state index contributed by atoms with van der Waals surface area (Å²) in [5.74, 6) is 0.804. The van der Waals surface area contributed by atoms with E-state index in [1.165, 1.54) is 0 Å². The summed E-state index contributed by atoms with van der Waals surface area (Å²) in [5, 5.41) is 9.89. The molecule has 23 heavy (non-hydrogen) atoms. The SMILES string of the molecule is COc1c(C)ccc2c1C(CC(=O)c1ccccc1O)C=C2C. The third-order valence-corrected chi connectivity index (χ3v) is 4.45. The highest BCUT2D eigenvalue weighted by Gasteiger charge is 2.28. The number of hydrogen-bond donors (Lipinski definition) is 1. The van der Waals surface area contributed by atoms with E-state index in [4.69, 9.17) is 4.74 Å². The van der Waals surface area contributed by atoms with Crippen molar-refractivity contribution in [3.05, 3.63) is 64.7 Å². The van der Waals surface area contributed by atoms with Crippen LogP contribution in [0.3, 0.4) is 0 Å². The first kappa shape index (κ1) is 15.3. The van der Waals surface area contributed by atoms with Gasteiger partial charge in [-0.05, 0) is 42.7 Å². The molecule has 3 rings (SSSR count). The summed E-state index contributed by atoms with van der Waals surface area (Å²) in [6.07, 6.45) is 2.44. The Balaban J connectivity index is 1.97. The molecule has 2 aromatic rings. The standard InChI is InChI=1S/C20H20O3/c1-12-8-9-15-13(2)10-14(19(15)20(12)23-3)11-18(22)16-6-4-5-7-17(16)21/h4-10,14,21H,11H2,1-3H3. The lowest BCUT2D eigenvalue weighted by Crippen LogP contribution is -2.07. The minimum atomic E-state index is -0.0615. The van der Waals surface area contributed by atoms with E-state index in [9.17, 15) is 9.90 Å². The van der Waals surface area contributed by atoms with E-state index in [0.717, 1.165) is 28.0 Å². The average Bonchev–Trinajstić information content (AvgIpc) is 2.83. The maximum Gasteiger partial charge on any atom is 0.167 e. The Labute approximate surface area is 136 Å². The van der Waals surface area contributed by atoms with Gasteiger partial charge in [-0.1, -0.05) is 30.3 Å². The van der Waals surface area contributed by atoms with Crippen molar-refractivity contribution in [3.63, 3.8) is 0 Å². The topological polar surface area (TPSA) is 46.5 Å². The molecule has 0 aliphatic heterocycles. The maximum absolute atomic E-state index is 12.6. The van der Waals surface area contributed by atoms with E-state index < -0.39 is 0 Å². The number of para-hydroxylation sites is 1. The molecule has 3 nitrogen and oxygen atoms in total. The number of Topliss-reactive ketones (excluding diaryl/α,β-unsaturated/α-hetero) is 1. The number of ether oxygens (including phenoxy) is 1. The first-order valence-corrected chi connectivity index (χ1v) is 7.70. The van der Waals surface area contributed by atoms with Crippen molar-refractivity contribution in [2.24, 2.45) is 0 Å². The van der Waals surface area contributed by atoms with Crippen LogP contribution in [0.1, 0.15) is 46.3 Å². The Morgan fingerprint density at radius 1 is 1.17 bits per heavy atom. The number of methoxy groups -OCH3 is 1. The van der Waals surface area contributed by atoms with E-state index in [1.54, 1.807) is 31.4 Å². The van der Waals surface area contributed by atoms with Crippen LogP contribution in [0.25, 0.3) is 5.57 Å². The number of carbonyl (C=O) groups excluding carboxylic acids is 1. The number of phenolic OH excluding ortho intramolecular Hbond substituents is 1. The van der Waals surface area contributed by atoms with Gasteiger partial charge in [0, 0.05) is 17.9 Å². The van der Waals surface area contributed by atoms with Crippen molar-refractivity contribution in [2.75, 3.05) is 7.11 Å². The molecule has 1 aliphatic rings. The van der Waals surface area contributed by atoms with Crippen LogP contribution in [0.2, 0.25) is 0 Å². The quantitative estimate of drug-likeness (QED) is 0.847. The molecule has 0 saturated carbocycles. The molecule has 1 unspecified atom stereocenters. The summed E-state index contributed by atoms with van der Waals surface area (Å²) < 4.78 is 5.58. The Morgan fingerprint density at radius 3 is 2.61 bits per heavy atom. The van der Waals surface area contributed by atoms with E-state index in [1.807, 2.05) is 13.0 Å². The smallest absolute Gasteiger partial charge is 0.167 e. The lowest BCUT2D eigenvalue weighted by Gasteiger charge is -2.17. The molecule has 118 valence electrons. The highest BCUT2D eigenvalue weighted by atomic mass is 16.5. The number of benzene rings is 2. The lowest BCUT2D eigenvalue weighted by molar-refractivity contribution is 0.0976. The number of phenols is 1. The highest BCUT2D eigenvalue weighted by molar-refractivity contribution is 5.99. The molecule has 1 aliphatic carbocycles. The predicted octanol–water partition coefficient (Wildman–Crippen LogP) is 4.48. The fourth-order valence-electron chi connectivity index (χ4n) is 3.35. The highest BCUT2D eigenvalue weighted by Crippen LogP contribution is 2.44. The van der Waals surface area contributed by atoms with E-state index in [2.05, 4.69) is 19.1 Å². The van der Waals surface area contributed by atoms with Gasteiger partial charge in [0.1, 0.15) is 11.5 Å². The van der Waals surface area contributed by atoms with Gasteiger partial charge in [-0.25, -0.2) is 0 Å². The Hall–Kier alpha value is -2.55. The molecular formula is C20H20O3. The monoisotopic (exact) mass is 308 g/mol. The number of allylic oxidation sites excluding steroid dienone is 2. The van der Waals surface area contributed by atoms with Gasteiger partial charge >= 0.3 is 0 Å². The number of rotatable bonds is 4. The third kappa shape index (κ3) is 2.63. The summed E-state index contributed by atoms with van der Waals surface area (Å²) in [5.41, 5.74) is 4.82. The third-order valence-electron chi connectivity index (χ3n) is 4.45. The van der Waals surface area contributed by atoms with Crippen LogP contribution < -0.4 is 4.74 Å². The summed E-state index contributed by atoms with van der Waals surface area (Å²) in [4.78, 5) is 12.6. The fourth-order valence-corrected chi connectivity index (χ4v) is 3.35. The summed E-state index contributed by atoms with van der Waals surface area (Å²) >= 11 is 0. The van der Waals surface area contributed by atoms with Gasteiger partial charge in [0.2, 0.25) is 0 Å². The zero-order valence-corrected chi connectivity index (χ0v) is 13.6. The zero-order chi connectivity index (χ0) is 16.6. The molecule has 1 atom stereocenters. The molecule has 0 radical (unpaired) electrons. The summed E-state index contributed by atoms with van der Waals surface area (Å²) in [7, 11) is 1.66. The molecule has 0 amide bonds. The minimum absolute atomic E-state index is 0.0213. The van der Waals surface area contributed by atoms with Crippen LogP contribution in [-0.2, 0) is 0 Å². The summed E-state index contributed by atoms with van der Waals surface area (Å²) in [6, 6.07) is 10.8. The second-order valence-electron chi connectivity index (χ2n) is 5.98. The van der Waals surface area contributed by atoms with E-state index >= 15 is 0 Å². The largest absolute Gasteiger partial charge is 0.507 e. The molecule has 0 bridgehead atoms. The van der Waals surface area contributed by atoms with Crippen molar-refractivity contribution in [1.82, 2.24) is 0 Å². The van der Waals surface area contributed by atoms with Crippen LogP contribution in [0, 0.1) is 6.92 Å². The first-order chi connectivity index (χ1) is 11.0. The van der Waals surface area contributed by atoms with Crippen LogP contribution in [0.15, 0.2) is 42.5 Å². The molecule has 0 fully saturated rings.